The molecular weight excluding hydrogens is 404 g/mol. The first-order chi connectivity index (χ1) is 15.7. The van der Waals surface area contributed by atoms with Gasteiger partial charge in [-0.25, -0.2) is 0 Å². The third kappa shape index (κ3) is 4.68. The van der Waals surface area contributed by atoms with E-state index in [2.05, 4.69) is 47.3 Å². The summed E-state index contributed by atoms with van der Waals surface area (Å²) in [6.07, 6.45) is 0. The molecular formula is C23H24N8O. The number of ether oxygens (including phenoxy) is 1. The molecule has 9 heteroatoms. The van der Waals surface area contributed by atoms with E-state index in [1.807, 2.05) is 66.7 Å². The number of likely N-dealkylation sites (N-methyl/N-ethyl adjacent to an activating group) is 1. The van der Waals surface area contributed by atoms with Crippen LogP contribution in [-0.2, 0) is 0 Å². The van der Waals surface area contributed by atoms with Gasteiger partial charge in [0.15, 0.2) is 5.82 Å². The molecule has 32 heavy (non-hydrogen) atoms. The summed E-state index contributed by atoms with van der Waals surface area (Å²) in [6.45, 7) is 3.57. The van der Waals surface area contributed by atoms with E-state index in [0.29, 0.717) is 23.5 Å². The number of H-pyrrole nitrogens is 1. The summed E-state index contributed by atoms with van der Waals surface area (Å²) in [4.78, 5) is 18.1. The fourth-order valence-corrected chi connectivity index (χ4v) is 3.46. The zero-order chi connectivity index (χ0) is 21.8. The molecule has 5 rings (SSSR count). The highest BCUT2D eigenvalue weighted by molar-refractivity contribution is 5.64. The quantitative estimate of drug-likeness (QED) is 0.481. The van der Waals surface area contributed by atoms with Crippen LogP contribution in [0.3, 0.4) is 0 Å². The maximum absolute atomic E-state index is 5.92. The van der Waals surface area contributed by atoms with Gasteiger partial charge in [0.05, 0.1) is 5.69 Å². The Labute approximate surface area is 186 Å². The van der Waals surface area contributed by atoms with Crippen molar-refractivity contribution in [3.8, 4) is 23.0 Å². The minimum atomic E-state index is 0.237. The molecule has 2 aromatic carbocycles. The van der Waals surface area contributed by atoms with Crippen LogP contribution in [-0.4, -0.2) is 63.3 Å². The molecule has 0 saturated carbocycles. The summed E-state index contributed by atoms with van der Waals surface area (Å²) in [5.41, 5.74) is 1.96. The van der Waals surface area contributed by atoms with Crippen molar-refractivity contribution in [1.29, 1.82) is 0 Å². The molecule has 162 valence electrons. The summed E-state index contributed by atoms with van der Waals surface area (Å²) in [5, 5.41) is 10.6. The molecule has 2 aromatic heterocycles. The van der Waals surface area contributed by atoms with Crippen molar-refractivity contribution in [3.63, 3.8) is 0 Å². The highest BCUT2D eigenvalue weighted by atomic mass is 16.5. The number of nitrogens with one attached hydrogen (secondary N) is 2. The van der Waals surface area contributed by atoms with Crippen molar-refractivity contribution in [2.24, 2.45) is 0 Å². The molecule has 0 radical (unpaired) electrons. The van der Waals surface area contributed by atoms with Gasteiger partial charge in [-0.3, -0.25) is 5.10 Å². The van der Waals surface area contributed by atoms with E-state index < -0.39 is 0 Å². The van der Waals surface area contributed by atoms with E-state index in [0.717, 1.165) is 37.4 Å². The van der Waals surface area contributed by atoms with Crippen LogP contribution < -0.4 is 15.0 Å². The van der Waals surface area contributed by atoms with Crippen LogP contribution in [0, 0.1) is 0 Å². The molecule has 0 aliphatic carbocycles. The molecule has 1 aliphatic heterocycles. The SMILES string of the molecule is CN1CCN(c2nc(Nc3cc(-c4ccccc4)[nH]n3)nc(Oc3ccccc3)n2)CC1. The van der Waals surface area contributed by atoms with E-state index in [9.17, 15) is 0 Å². The minimum Gasteiger partial charge on any atom is -0.424 e. The average Bonchev–Trinajstić information content (AvgIpc) is 3.29. The molecule has 0 bridgehead atoms. The molecule has 3 heterocycles. The molecule has 0 atom stereocenters. The lowest BCUT2D eigenvalue weighted by molar-refractivity contribution is 0.310. The van der Waals surface area contributed by atoms with Gasteiger partial charge in [0.2, 0.25) is 11.9 Å². The van der Waals surface area contributed by atoms with Gasteiger partial charge < -0.3 is 19.9 Å². The van der Waals surface area contributed by atoms with Crippen LogP contribution in [0.15, 0.2) is 66.7 Å². The molecule has 1 saturated heterocycles. The molecule has 2 N–H and O–H groups in total. The Bertz CT molecular complexity index is 1160. The number of hydrogen-bond donors (Lipinski definition) is 2. The van der Waals surface area contributed by atoms with Gasteiger partial charge in [-0.1, -0.05) is 48.5 Å². The highest BCUT2D eigenvalue weighted by Gasteiger charge is 2.19. The first-order valence-corrected chi connectivity index (χ1v) is 10.5. The van der Waals surface area contributed by atoms with Crippen molar-refractivity contribution in [2.75, 3.05) is 43.4 Å². The molecule has 0 spiro atoms. The Kier molecular flexibility index (Phi) is 5.63. The Morgan fingerprint density at radius 3 is 2.34 bits per heavy atom. The Balaban J connectivity index is 1.42. The lowest BCUT2D eigenvalue weighted by Crippen LogP contribution is -2.45. The zero-order valence-electron chi connectivity index (χ0n) is 17.8. The molecule has 1 aliphatic rings. The van der Waals surface area contributed by atoms with E-state index in [1.54, 1.807) is 0 Å². The Morgan fingerprint density at radius 1 is 0.875 bits per heavy atom. The highest BCUT2D eigenvalue weighted by Crippen LogP contribution is 2.24. The summed E-state index contributed by atoms with van der Waals surface area (Å²) >= 11 is 0. The Morgan fingerprint density at radius 2 is 1.59 bits per heavy atom. The molecule has 4 aromatic rings. The summed E-state index contributed by atoms with van der Waals surface area (Å²) in [5.74, 6) is 2.25. The number of anilines is 3. The zero-order valence-corrected chi connectivity index (χ0v) is 17.8. The van der Waals surface area contributed by atoms with Crippen molar-refractivity contribution in [1.82, 2.24) is 30.0 Å². The van der Waals surface area contributed by atoms with Gasteiger partial charge in [-0.2, -0.15) is 20.1 Å². The number of aromatic amines is 1. The number of aromatic nitrogens is 5. The average molecular weight is 429 g/mol. The fraction of sp³-hybridized carbons (Fsp3) is 0.217. The summed E-state index contributed by atoms with van der Waals surface area (Å²) in [6, 6.07) is 21.7. The first kappa shape index (κ1) is 20.0. The number of rotatable bonds is 6. The van der Waals surface area contributed by atoms with Crippen LogP contribution >= 0.6 is 0 Å². The van der Waals surface area contributed by atoms with Gasteiger partial charge in [-0.15, -0.1) is 0 Å². The van der Waals surface area contributed by atoms with Crippen molar-refractivity contribution in [3.05, 3.63) is 66.7 Å². The van der Waals surface area contributed by atoms with Crippen LogP contribution in [0.25, 0.3) is 11.3 Å². The topological polar surface area (TPSA) is 95.1 Å². The second-order valence-electron chi connectivity index (χ2n) is 7.60. The van der Waals surface area contributed by atoms with Crippen LogP contribution in [0.2, 0.25) is 0 Å². The smallest absolute Gasteiger partial charge is 0.328 e. The summed E-state index contributed by atoms with van der Waals surface area (Å²) in [7, 11) is 2.11. The normalized spacial score (nSPS) is 14.3. The van der Waals surface area contributed by atoms with E-state index in [-0.39, 0.29) is 6.01 Å². The lowest BCUT2D eigenvalue weighted by atomic mass is 10.2. The number of benzene rings is 2. The van der Waals surface area contributed by atoms with Crippen molar-refractivity contribution >= 4 is 17.7 Å². The van der Waals surface area contributed by atoms with E-state index in [4.69, 9.17) is 4.74 Å². The van der Waals surface area contributed by atoms with Gasteiger partial charge in [0.25, 0.3) is 0 Å². The second kappa shape index (κ2) is 9.03. The van der Waals surface area contributed by atoms with Gasteiger partial charge >= 0.3 is 6.01 Å². The number of hydrogen-bond acceptors (Lipinski definition) is 8. The third-order valence-electron chi connectivity index (χ3n) is 5.24. The molecule has 0 amide bonds. The molecule has 0 unspecified atom stereocenters. The maximum Gasteiger partial charge on any atom is 0.328 e. The number of para-hydroxylation sites is 1. The molecule has 1 fully saturated rings. The van der Waals surface area contributed by atoms with Crippen molar-refractivity contribution in [2.45, 2.75) is 0 Å². The lowest BCUT2D eigenvalue weighted by Gasteiger charge is -2.32. The van der Waals surface area contributed by atoms with E-state index >= 15 is 0 Å². The predicted molar refractivity (Wildman–Crippen MR) is 123 cm³/mol. The maximum atomic E-state index is 5.92. The minimum absolute atomic E-state index is 0.237. The van der Waals surface area contributed by atoms with Gasteiger partial charge in [-0.05, 0) is 24.7 Å². The monoisotopic (exact) mass is 428 g/mol. The third-order valence-corrected chi connectivity index (χ3v) is 5.24. The van der Waals surface area contributed by atoms with Crippen LogP contribution in [0.1, 0.15) is 0 Å². The predicted octanol–water partition coefficient (Wildman–Crippen LogP) is 3.55. The van der Waals surface area contributed by atoms with E-state index in [1.165, 1.54) is 0 Å². The standard InChI is InChI=1S/C23H24N8O/c1-30-12-14-31(15-13-30)22-25-21(26-23(27-22)32-18-10-6-3-7-11-18)24-20-16-19(28-29-20)17-8-4-2-5-9-17/h2-11,16H,12-15H2,1H3,(H2,24,25,26,27,28,29). The fourth-order valence-electron chi connectivity index (χ4n) is 3.46. The first-order valence-electron chi connectivity index (χ1n) is 10.5. The second-order valence-corrected chi connectivity index (χ2v) is 7.60. The van der Waals surface area contributed by atoms with Crippen LogP contribution in [0.5, 0.6) is 11.8 Å². The number of piperazine rings is 1. The number of nitrogens with zero attached hydrogens (tertiary/aromatic N) is 6. The van der Waals surface area contributed by atoms with Crippen LogP contribution in [0.4, 0.5) is 17.7 Å². The molecule has 9 nitrogen and oxygen atoms in total. The summed E-state index contributed by atoms with van der Waals surface area (Å²) < 4.78 is 5.92. The largest absolute Gasteiger partial charge is 0.424 e. The van der Waals surface area contributed by atoms with Crippen molar-refractivity contribution < 1.29 is 4.74 Å². The Hall–Kier alpha value is -3.98. The van der Waals surface area contributed by atoms with Gasteiger partial charge in [0.1, 0.15) is 5.75 Å². The van der Waals surface area contributed by atoms with Gasteiger partial charge in [0, 0.05) is 32.2 Å².